The van der Waals surface area contributed by atoms with E-state index in [0.717, 1.165) is 0 Å². The Hall–Kier alpha value is -0.0200. The summed E-state index contributed by atoms with van der Waals surface area (Å²) in [6, 6.07) is 0. The van der Waals surface area contributed by atoms with E-state index in [1.807, 2.05) is 0 Å². The second-order valence-electron chi connectivity index (χ2n) is 1.06. The van der Waals surface area contributed by atoms with E-state index in [1.165, 1.54) is 11.8 Å². The number of thioether (sulfide) groups is 1. The Balaban J connectivity index is 2.32. The quantitative estimate of drug-likeness (QED) is 0.471. The molecule has 0 bridgehead atoms. The van der Waals surface area contributed by atoms with Gasteiger partial charge in [0, 0.05) is 0 Å². The maximum absolute atomic E-state index is 8.57. The van der Waals surface area contributed by atoms with Gasteiger partial charge >= 0.3 is 0 Å². The molecule has 2 nitrogen and oxygen atoms in total. The summed E-state index contributed by atoms with van der Waals surface area (Å²) in [5, 5.41) is 8.57. The fourth-order valence-electron chi connectivity index (χ4n) is 0.290. The molecule has 0 aromatic carbocycles. The van der Waals surface area contributed by atoms with Gasteiger partial charge in [-0.25, -0.2) is 0 Å². The smallest absolute Gasteiger partial charge is 0.124 e. The van der Waals surface area contributed by atoms with Gasteiger partial charge in [0.25, 0.3) is 0 Å². The normalized spacial score (nSPS) is 31.8. The lowest BCUT2D eigenvalue weighted by Gasteiger charge is -1.89. The molecule has 0 saturated carbocycles. The van der Waals surface area contributed by atoms with Crippen molar-refractivity contribution < 1.29 is 5.11 Å². The number of aliphatic hydroxyl groups excluding tert-OH is 1. The molecule has 1 rings (SSSR count). The zero-order valence-corrected chi connectivity index (χ0v) is 3.98. The van der Waals surface area contributed by atoms with Crippen LogP contribution in [0.2, 0.25) is 0 Å². The molecule has 1 heterocycles. The predicted molar refractivity (Wildman–Crippen MR) is 27.0 cm³/mol. The molecular weight excluding hydrogens is 98.1 g/mol. The van der Waals surface area contributed by atoms with Gasteiger partial charge in [-0.1, -0.05) is 11.8 Å². The fourth-order valence-corrected chi connectivity index (χ4v) is 0.774. The van der Waals surface area contributed by atoms with E-state index >= 15 is 0 Å². The highest BCUT2D eigenvalue weighted by atomic mass is 32.2. The van der Waals surface area contributed by atoms with E-state index in [1.54, 1.807) is 5.55 Å². The van der Waals surface area contributed by atoms with E-state index in [4.69, 9.17) is 5.11 Å². The topological polar surface area (TPSA) is 32.6 Å². The van der Waals surface area contributed by atoms with Crippen LogP contribution >= 0.6 is 11.8 Å². The first-order valence-electron chi connectivity index (χ1n) is 1.71. The van der Waals surface area contributed by atoms with Gasteiger partial charge in [-0.2, -0.15) is 0 Å². The Bertz CT molecular complexity index is 65.2. The standard InChI is InChI=1S/C3H5NOS/c5-3-1-4-2-6-3/h2-3,5H,1H2. The highest BCUT2D eigenvalue weighted by Gasteiger charge is 2.04. The molecule has 1 aliphatic rings. The minimum atomic E-state index is -0.259. The van der Waals surface area contributed by atoms with Crippen LogP contribution in [-0.4, -0.2) is 22.6 Å². The van der Waals surface area contributed by atoms with Gasteiger partial charge in [-0.15, -0.1) is 0 Å². The summed E-state index contributed by atoms with van der Waals surface area (Å²) in [5.41, 5.74) is 1.41. The first-order valence-corrected chi connectivity index (χ1v) is 2.66. The zero-order chi connectivity index (χ0) is 4.41. The molecule has 1 unspecified atom stereocenters. The second-order valence-corrected chi connectivity index (χ2v) is 2.09. The summed E-state index contributed by atoms with van der Waals surface area (Å²) in [7, 11) is 0. The Morgan fingerprint density at radius 2 is 2.83 bits per heavy atom. The zero-order valence-electron chi connectivity index (χ0n) is 3.16. The summed E-state index contributed by atoms with van der Waals surface area (Å²) in [4.78, 5) is 3.75. The molecule has 0 amide bonds. The van der Waals surface area contributed by atoms with E-state index in [-0.39, 0.29) is 5.44 Å². The molecule has 1 aliphatic heterocycles. The number of rotatable bonds is 0. The second kappa shape index (κ2) is 1.62. The third kappa shape index (κ3) is 0.725. The third-order valence-corrected chi connectivity index (χ3v) is 1.29. The van der Waals surface area contributed by atoms with Gasteiger partial charge in [-0.3, -0.25) is 4.99 Å². The monoisotopic (exact) mass is 103 g/mol. The molecular formula is C3H5NOS. The number of nitrogens with zero attached hydrogens (tertiary/aromatic N) is 1. The van der Waals surface area contributed by atoms with Crippen LogP contribution in [0.1, 0.15) is 0 Å². The van der Waals surface area contributed by atoms with Crippen molar-refractivity contribution in [2.24, 2.45) is 4.99 Å². The number of hydrogen-bond acceptors (Lipinski definition) is 3. The van der Waals surface area contributed by atoms with E-state index in [2.05, 4.69) is 4.99 Å². The van der Waals surface area contributed by atoms with Gasteiger partial charge in [-0.05, 0) is 0 Å². The van der Waals surface area contributed by atoms with E-state index < -0.39 is 0 Å². The first kappa shape index (κ1) is 4.15. The molecule has 34 valence electrons. The Morgan fingerprint density at radius 1 is 2.00 bits per heavy atom. The summed E-state index contributed by atoms with van der Waals surface area (Å²) in [6.07, 6.45) is 0. The molecule has 0 aromatic rings. The predicted octanol–water partition coefficient (Wildman–Crippen LogP) is 0.0799. The number of aliphatic imine (C=N–C) groups is 1. The van der Waals surface area contributed by atoms with Crippen LogP contribution in [0.5, 0.6) is 0 Å². The average Bonchev–Trinajstić information content (AvgIpc) is 1.86. The molecule has 1 N–H and O–H groups in total. The van der Waals surface area contributed by atoms with Crippen LogP contribution in [0.4, 0.5) is 0 Å². The van der Waals surface area contributed by atoms with Gasteiger partial charge in [0.15, 0.2) is 0 Å². The number of aliphatic hydroxyl groups is 1. The molecule has 0 radical (unpaired) electrons. The maximum Gasteiger partial charge on any atom is 0.124 e. The van der Waals surface area contributed by atoms with Crippen molar-refractivity contribution in [1.29, 1.82) is 0 Å². The Morgan fingerprint density at radius 3 is 3.00 bits per heavy atom. The van der Waals surface area contributed by atoms with E-state index in [9.17, 15) is 0 Å². The SMILES string of the molecule is OC1CN=CS1. The Labute approximate surface area is 40.3 Å². The van der Waals surface area contributed by atoms with Crippen molar-refractivity contribution in [2.75, 3.05) is 6.54 Å². The van der Waals surface area contributed by atoms with Crippen LogP contribution in [0, 0.1) is 0 Å². The molecule has 6 heavy (non-hydrogen) atoms. The van der Waals surface area contributed by atoms with Gasteiger partial charge in [0.1, 0.15) is 5.44 Å². The van der Waals surface area contributed by atoms with Crippen LogP contribution in [-0.2, 0) is 0 Å². The lowest BCUT2D eigenvalue weighted by molar-refractivity contribution is 0.276. The summed E-state index contributed by atoms with van der Waals surface area (Å²) < 4.78 is 0. The van der Waals surface area contributed by atoms with Gasteiger partial charge < -0.3 is 5.11 Å². The molecule has 1 atom stereocenters. The fraction of sp³-hybridized carbons (Fsp3) is 0.667. The maximum atomic E-state index is 8.57. The van der Waals surface area contributed by atoms with Crippen molar-refractivity contribution >= 4 is 17.3 Å². The summed E-state index contributed by atoms with van der Waals surface area (Å²) >= 11 is 1.36. The minimum absolute atomic E-state index is 0.259. The molecule has 0 aliphatic carbocycles. The van der Waals surface area contributed by atoms with Crippen LogP contribution < -0.4 is 0 Å². The Kier molecular flexibility index (Phi) is 1.12. The number of hydrogen-bond donors (Lipinski definition) is 1. The summed E-state index contributed by atoms with van der Waals surface area (Å²) in [5.74, 6) is 0. The van der Waals surface area contributed by atoms with Crippen LogP contribution in [0.15, 0.2) is 4.99 Å². The summed E-state index contributed by atoms with van der Waals surface area (Å²) in [6.45, 7) is 0.574. The van der Waals surface area contributed by atoms with Gasteiger partial charge in [0.2, 0.25) is 0 Å². The highest BCUT2D eigenvalue weighted by Crippen LogP contribution is 2.09. The molecule has 0 aromatic heterocycles. The lowest BCUT2D eigenvalue weighted by Crippen LogP contribution is -1.97. The van der Waals surface area contributed by atoms with Crippen LogP contribution in [0.3, 0.4) is 0 Å². The van der Waals surface area contributed by atoms with Crippen molar-refractivity contribution in [3.63, 3.8) is 0 Å². The first-order chi connectivity index (χ1) is 2.89. The minimum Gasteiger partial charge on any atom is -0.380 e. The lowest BCUT2D eigenvalue weighted by atomic mass is 10.7. The highest BCUT2D eigenvalue weighted by molar-refractivity contribution is 8.12. The third-order valence-electron chi connectivity index (χ3n) is 0.554. The largest absolute Gasteiger partial charge is 0.380 e. The van der Waals surface area contributed by atoms with Gasteiger partial charge in [0.05, 0.1) is 12.1 Å². The molecule has 0 fully saturated rings. The van der Waals surface area contributed by atoms with Crippen LogP contribution in [0.25, 0.3) is 0 Å². The van der Waals surface area contributed by atoms with Crippen molar-refractivity contribution in [1.82, 2.24) is 0 Å². The van der Waals surface area contributed by atoms with E-state index in [0.29, 0.717) is 6.54 Å². The average molecular weight is 103 g/mol. The molecule has 3 heteroatoms. The molecule has 0 saturated heterocycles. The van der Waals surface area contributed by atoms with Crippen molar-refractivity contribution in [3.8, 4) is 0 Å². The van der Waals surface area contributed by atoms with Crippen molar-refractivity contribution in [3.05, 3.63) is 0 Å². The van der Waals surface area contributed by atoms with Crippen molar-refractivity contribution in [2.45, 2.75) is 5.44 Å². The molecule has 0 spiro atoms.